The van der Waals surface area contributed by atoms with Crippen LogP contribution in [0.3, 0.4) is 0 Å². The lowest BCUT2D eigenvalue weighted by molar-refractivity contribution is 0.0944. The Balaban J connectivity index is 1.89. The number of Topliss-reactive ketones (excluding diaryl/α,β-unsaturated/α-hetero) is 1. The van der Waals surface area contributed by atoms with Gasteiger partial charge in [-0.05, 0) is 31.7 Å². The van der Waals surface area contributed by atoms with Crippen LogP contribution in [0.1, 0.15) is 49.2 Å². The molecule has 2 fully saturated rings. The van der Waals surface area contributed by atoms with E-state index in [1.165, 1.54) is 11.3 Å². The Morgan fingerprint density at radius 3 is 2.55 bits per heavy atom. The van der Waals surface area contributed by atoms with Gasteiger partial charge in [-0.2, -0.15) is 0 Å². The van der Waals surface area contributed by atoms with Crippen LogP contribution < -0.4 is 10.6 Å². The van der Waals surface area contributed by atoms with E-state index < -0.39 is 0 Å². The molecule has 0 aromatic carbocycles. The summed E-state index contributed by atoms with van der Waals surface area (Å²) >= 11 is 1.52. The molecule has 0 spiro atoms. The van der Waals surface area contributed by atoms with Crippen molar-refractivity contribution in [3.63, 3.8) is 0 Å². The monoisotopic (exact) mass is 294 g/mol. The first-order chi connectivity index (χ1) is 9.47. The third-order valence-electron chi connectivity index (χ3n) is 4.46. The molecule has 2 saturated heterocycles. The molecule has 110 valence electrons. The van der Waals surface area contributed by atoms with Crippen molar-refractivity contribution in [2.45, 2.75) is 57.7 Å². The number of rotatable bonds is 3. The smallest absolute Gasteiger partial charge is 0.177 e. The van der Waals surface area contributed by atoms with Crippen LogP contribution in [0.4, 0.5) is 10.7 Å². The van der Waals surface area contributed by atoms with E-state index in [-0.39, 0.29) is 17.8 Å². The fourth-order valence-electron chi connectivity index (χ4n) is 3.48. The molecular weight excluding hydrogens is 272 g/mol. The standard InChI is InChI=1S/C15H22N2O2S/c1-8(2)14(19)15-12(16)7-13(20-15)17-9-3-4-10(17)6-11(18)5-9/h7-11,18H,3-6,16H2,1-2H3. The number of aliphatic hydroxyl groups is 1. The Labute approximate surface area is 123 Å². The van der Waals surface area contributed by atoms with E-state index in [4.69, 9.17) is 5.73 Å². The molecule has 2 unspecified atom stereocenters. The number of carbonyl (C=O) groups is 1. The summed E-state index contributed by atoms with van der Waals surface area (Å²) in [5, 5.41) is 11.0. The Hall–Kier alpha value is -1.07. The number of hydrogen-bond donors (Lipinski definition) is 2. The first kappa shape index (κ1) is 13.9. The van der Waals surface area contributed by atoms with Gasteiger partial charge in [0.05, 0.1) is 21.7 Å². The largest absolute Gasteiger partial charge is 0.397 e. The molecule has 3 rings (SSSR count). The lowest BCUT2D eigenvalue weighted by atomic mass is 10.0. The molecule has 5 heteroatoms. The van der Waals surface area contributed by atoms with Crippen LogP contribution in [-0.4, -0.2) is 29.1 Å². The average molecular weight is 294 g/mol. The van der Waals surface area contributed by atoms with E-state index in [0.717, 1.165) is 30.7 Å². The van der Waals surface area contributed by atoms with Crippen molar-refractivity contribution in [2.24, 2.45) is 5.92 Å². The molecule has 0 saturated carbocycles. The van der Waals surface area contributed by atoms with Crippen molar-refractivity contribution in [3.05, 3.63) is 10.9 Å². The van der Waals surface area contributed by atoms with Crippen molar-refractivity contribution in [1.29, 1.82) is 0 Å². The molecule has 2 aliphatic heterocycles. The Bertz CT molecular complexity index is 512. The van der Waals surface area contributed by atoms with E-state index in [1.54, 1.807) is 0 Å². The van der Waals surface area contributed by atoms with Gasteiger partial charge in [0.1, 0.15) is 0 Å². The predicted molar refractivity (Wildman–Crippen MR) is 82.4 cm³/mol. The normalized spacial score (nSPS) is 29.2. The third-order valence-corrected chi connectivity index (χ3v) is 5.64. The predicted octanol–water partition coefficient (Wildman–Crippen LogP) is 2.66. The zero-order chi connectivity index (χ0) is 14.4. The maximum atomic E-state index is 12.2. The summed E-state index contributed by atoms with van der Waals surface area (Å²) in [5.74, 6) is 0.104. The van der Waals surface area contributed by atoms with Crippen LogP contribution in [0.5, 0.6) is 0 Å². The molecule has 3 N–H and O–H groups in total. The fraction of sp³-hybridized carbons (Fsp3) is 0.667. The highest BCUT2D eigenvalue weighted by molar-refractivity contribution is 7.18. The molecule has 2 atom stereocenters. The van der Waals surface area contributed by atoms with E-state index in [2.05, 4.69) is 4.90 Å². The van der Waals surface area contributed by atoms with Crippen LogP contribution in [-0.2, 0) is 0 Å². The van der Waals surface area contributed by atoms with Crippen molar-refractivity contribution in [2.75, 3.05) is 10.6 Å². The molecule has 0 aliphatic carbocycles. The number of nitrogens with two attached hydrogens (primary N) is 1. The highest BCUT2D eigenvalue weighted by Crippen LogP contribution is 2.44. The summed E-state index contributed by atoms with van der Waals surface area (Å²) in [6, 6.07) is 2.76. The topological polar surface area (TPSA) is 66.6 Å². The van der Waals surface area contributed by atoms with Crippen molar-refractivity contribution in [1.82, 2.24) is 0 Å². The van der Waals surface area contributed by atoms with Crippen molar-refractivity contribution < 1.29 is 9.90 Å². The number of fused-ring (bicyclic) bond motifs is 2. The summed E-state index contributed by atoms with van der Waals surface area (Å²) in [4.78, 5) is 15.3. The van der Waals surface area contributed by atoms with Gasteiger partial charge >= 0.3 is 0 Å². The van der Waals surface area contributed by atoms with Gasteiger partial charge in [-0.3, -0.25) is 4.79 Å². The molecule has 20 heavy (non-hydrogen) atoms. The van der Waals surface area contributed by atoms with Gasteiger partial charge in [0, 0.05) is 18.0 Å². The Morgan fingerprint density at radius 1 is 1.40 bits per heavy atom. The molecule has 2 bridgehead atoms. The summed E-state index contributed by atoms with van der Waals surface area (Å²) in [7, 11) is 0. The van der Waals surface area contributed by atoms with Gasteiger partial charge in [-0.15, -0.1) is 11.3 Å². The molecular formula is C15H22N2O2S. The van der Waals surface area contributed by atoms with Crippen LogP contribution in [0.25, 0.3) is 0 Å². The third kappa shape index (κ3) is 2.23. The number of anilines is 2. The molecule has 0 amide bonds. The van der Waals surface area contributed by atoms with Gasteiger partial charge in [-0.25, -0.2) is 0 Å². The number of piperidine rings is 1. The van der Waals surface area contributed by atoms with Crippen LogP contribution >= 0.6 is 11.3 Å². The minimum atomic E-state index is -0.169. The van der Waals surface area contributed by atoms with Gasteiger partial charge in [-0.1, -0.05) is 13.8 Å². The minimum Gasteiger partial charge on any atom is -0.397 e. The van der Waals surface area contributed by atoms with Gasteiger partial charge in [0.15, 0.2) is 5.78 Å². The summed E-state index contributed by atoms with van der Waals surface area (Å²) in [6.07, 6.45) is 3.77. The summed E-state index contributed by atoms with van der Waals surface area (Å²) < 4.78 is 0. The number of nitrogen functional groups attached to an aromatic ring is 1. The maximum Gasteiger partial charge on any atom is 0.177 e. The second kappa shape index (κ2) is 5.04. The number of carbonyl (C=O) groups excluding carboxylic acids is 1. The molecule has 4 nitrogen and oxygen atoms in total. The van der Waals surface area contributed by atoms with Crippen molar-refractivity contribution >= 4 is 27.8 Å². The zero-order valence-corrected chi connectivity index (χ0v) is 12.8. The fourth-order valence-corrected chi connectivity index (χ4v) is 4.79. The second-order valence-electron chi connectivity index (χ2n) is 6.31. The first-order valence-electron chi connectivity index (χ1n) is 7.37. The summed E-state index contributed by atoms with van der Waals surface area (Å²) in [6.45, 7) is 3.81. The van der Waals surface area contributed by atoms with Gasteiger partial charge in [0.25, 0.3) is 0 Å². The zero-order valence-electron chi connectivity index (χ0n) is 12.0. The number of hydrogen-bond acceptors (Lipinski definition) is 5. The first-order valence-corrected chi connectivity index (χ1v) is 8.19. The lowest BCUT2D eigenvalue weighted by Crippen LogP contribution is -2.44. The quantitative estimate of drug-likeness (QED) is 0.841. The van der Waals surface area contributed by atoms with E-state index in [0.29, 0.717) is 22.6 Å². The molecule has 1 aromatic heterocycles. The lowest BCUT2D eigenvalue weighted by Gasteiger charge is -2.37. The van der Waals surface area contributed by atoms with Crippen molar-refractivity contribution in [3.8, 4) is 0 Å². The average Bonchev–Trinajstić information content (AvgIpc) is 2.87. The molecule has 0 radical (unpaired) electrons. The SMILES string of the molecule is CC(C)C(=O)c1sc(N2C3CCC2CC(O)C3)cc1N. The Kier molecular flexibility index (Phi) is 3.50. The number of nitrogens with zero attached hydrogens (tertiary/aromatic N) is 1. The summed E-state index contributed by atoms with van der Waals surface area (Å²) in [5.41, 5.74) is 6.64. The molecule has 2 aliphatic rings. The molecule has 3 heterocycles. The highest BCUT2D eigenvalue weighted by atomic mass is 32.1. The number of ketones is 1. The number of thiophene rings is 1. The van der Waals surface area contributed by atoms with Crippen LogP contribution in [0.15, 0.2) is 6.07 Å². The Morgan fingerprint density at radius 2 is 2.00 bits per heavy atom. The van der Waals surface area contributed by atoms with E-state index in [1.807, 2.05) is 19.9 Å². The molecule has 1 aromatic rings. The van der Waals surface area contributed by atoms with Crippen LogP contribution in [0, 0.1) is 5.92 Å². The van der Waals surface area contributed by atoms with Crippen LogP contribution in [0.2, 0.25) is 0 Å². The van der Waals surface area contributed by atoms with E-state index >= 15 is 0 Å². The van der Waals surface area contributed by atoms with Gasteiger partial charge in [0.2, 0.25) is 0 Å². The minimum absolute atomic E-state index is 0.0244. The maximum absolute atomic E-state index is 12.2. The van der Waals surface area contributed by atoms with Gasteiger partial charge < -0.3 is 15.7 Å². The van der Waals surface area contributed by atoms with E-state index in [9.17, 15) is 9.90 Å². The second-order valence-corrected chi connectivity index (χ2v) is 7.34. The number of aliphatic hydroxyl groups excluding tert-OH is 1. The highest BCUT2D eigenvalue weighted by Gasteiger charge is 2.41.